The summed E-state index contributed by atoms with van der Waals surface area (Å²) < 4.78 is 5.52. The molecule has 0 aromatic carbocycles. The standard InChI is InChI=1S/C17H32N2O/c1-19(11-15-10-13-3-4-14(15)9-13)17(12-18)7-5-16(20-2)6-8-17/h13-16H,3-12,18H2,1-2H3. The van der Waals surface area contributed by atoms with Crippen molar-refractivity contribution in [3.63, 3.8) is 0 Å². The summed E-state index contributed by atoms with van der Waals surface area (Å²) in [6.07, 6.45) is 11.2. The third-order valence-electron chi connectivity index (χ3n) is 6.78. The third-order valence-corrected chi connectivity index (χ3v) is 6.78. The molecule has 0 saturated heterocycles. The Morgan fingerprint density at radius 2 is 1.90 bits per heavy atom. The molecule has 20 heavy (non-hydrogen) atoms. The van der Waals surface area contributed by atoms with Crippen molar-refractivity contribution in [2.75, 3.05) is 27.2 Å². The molecular weight excluding hydrogens is 248 g/mol. The van der Waals surface area contributed by atoms with Crippen molar-refractivity contribution in [1.29, 1.82) is 0 Å². The van der Waals surface area contributed by atoms with Gasteiger partial charge in [-0.15, -0.1) is 0 Å². The number of likely N-dealkylation sites (N-methyl/N-ethyl adjacent to an activating group) is 1. The van der Waals surface area contributed by atoms with Gasteiger partial charge >= 0.3 is 0 Å². The van der Waals surface area contributed by atoms with Crippen molar-refractivity contribution in [3.05, 3.63) is 0 Å². The van der Waals surface area contributed by atoms with Crippen molar-refractivity contribution in [2.24, 2.45) is 23.5 Å². The Labute approximate surface area is 124 Å². The molecule has 116 valence electrons. The van der Waals surface area contributed by atoms with Gasteiger partial charge in [0.1, 0.15) is 0 Å². The summed E-state index contributed by atoms with van der Waals surface area (Å²) in [6.45, 7) is 2.08. The van der Waals surface area contributed by atoms with Crippen LogP contribution in [0.1, 0.15) is 51.4 Å². The maximum Gasteiger partial charge on any atom is 0.0572 e. The Morgan fingerprint density at radius 3 is 2.40 bits per heavy atom. The summed E-state index contributed by atoms with van der Waals surface area (Å²) in [4.78, 5) is 2.63. The largest absolute Gasteiger partial charge is 0.381 e. The van der Waals surface area contributed by atoms with Crippen LogP contribution in [-0.4, -0.2) is 43.8 Å². The lowest BCUT2D eigenvalue weighted by atomic mass is 9.78. The molecule has 3 heteroatoms. The minimum atomic E-state index is 0.247. The quantitative estimate of drug-likeness (QED) is 0.841. The van der Waals surface area contributed by atoms with E-state index < -0.39 is 0 Å². The molecule has 3 saturated carbocycles. The number of rotatable bonds is 5. The van der Waals surface area contributed by atoms with Crippen molar-refractivity contribution >= 4 is 0 Å². The molecular formula is C17H32N2O. The Balaban J connectivity index is 1.58. The van der Waals surface area contributed by atoms with Gasteiger partial charge in [-0.1, -0.05) is 6.42 Å². The molecule has 0 spiro atoms. The zero-order valence-electron chi connectivity index (χ0n) is 13.3. The molecule has 0 heterocycles. The van der Waals surface area contributed by atoms with Gasteiger partial charge in [-0.05, 0) is 69.7 Å². The molecule has 3 nitrogen and oxygen atoms in total. The lowest BCUT2D eigenvalue weighted by Crippen LogP contribution is -2.56. The minimum Gasteiger partial charge on any atom is -0.381 e. The van der Waals surface area contributed by atoms with Crippen LogP contribution in [0.3, 0.4) is 0 Å². The van der Waals surface area contributed by atoms with Crippen LogP contribution in [0.25, 0.3) is 0 Å². The molecule has 0 aliphatic heterocycles. The maximum atomic E-state index is 6.19. The Bertz CT molecular complexity index is 325. The second-order valence-corrected chi connectivity index (χ2v) is 7.68. The van der Waals surface area contributed by atoms with E-state index in [1.54, 1.807) is 0 Å². The van der Waals surface area contributed by atoms with Crippen LogP contribution in [0.4, 0.5) is 0 Å². The number of hydrogen-bond acceptors (Lipinski definition) is 3. The van der Waals surface area contributed by atoms with Gasteiger partial charge in [0.2, 0.25) is 0 Å². The van der Waals surface area contributed by atoms with Gasteiger partial charge in [0.25, 0.3) is 0 Å². The highest BCUT2D eigenvalue weighted by atomic mass is 16.5. The SMILES string of the molecule is COC1CCC(CN)(N(C)CC2CC3CCC2C3)CC1. The molecule has 0 aromatic rings. The van der Waals surface area contributed by atoms with Gasteiger partial charge in [0, 0.05) is 25.7 Å². The average Bonchev–Trinajstić information content (AvgIpc) is 3.09. The van der Waals surface area contributed by atoms with E-state index in [-0.39, 0.29) is 5.54 Å². The number of fused-ring (bicyclic) bond motifs is 2. The molecule has 3 aliphatic carbocycles. The first kappa shape index (κ1) is 14.8. The van der Waals surface area contributed by atoms with Gasteiger partial charge in [0.15, 0.2) is 0 Å². The van der Waals surface area contributed by atoms with Gasteiger partial charge in [-0.25, -0.2) is 0 Å². The number of nitrogens with zero attached hydrogens (tertiary/aromatic N) is 1. The second kappa shape index (κ2) is 5.94. The topological polar surface area (TPSA) is 38.5 Å². The molecule has 3 unspecified atom stereocenters. The molecule has 0 aromatic heterocycles. The van der Waals surface area contributed by atoms with Crippen LogP contribution in [-0.2, 0) is 4.74 Å². The lowest BCUT2D eigenvalue weighted by Gasteiger charge is -2.47. The predicted molar refractivity (Wildman–Crippen MR) is 82.6 cm³/mol. The number of ether oxygens (including phenoxy) is 1. The molecule has 0 radical (unpaired) electrons. The highest BCUT2D eigenvalue weighted by molar-refractivity contribution is 4.98. The zero-order chi connectivity index (χ0) is 14.2. The van der Waals surface area contributed by atoms with E-state index in [0.717, 1.165) is 24.3 Å². The van der Waals surface area contributed by atoms with E-state index in [9.17, 15) is 0 Å². The average molecular weight is 280 g/mol. The summed E-state index contributed by atoms with van der Waals surface area (Å²) in [5.41, 5.74) is 6.44. The summed E-state index contributed by atoms with van der Waals surface area (Å²) in [7, 11) is 4.17. The first-order valence-corrected chi connectivity index (χ1v) is 8.61. The number of methoxy groups -OCH3 is 1. The normalized spacial score (nSPS) is 44.4. The van der Waals surface area contributed by atoms with E-state index in [1.807, 2.05) is 7.11 Å². The maximum absolute atomic E-state index is 6.19. The summed E-state index contributed by atoms with van der Waals surface area (Å²) in [6, 6.07) is 0. The Morgan fingerprint density at radius 1 is 1.15 bits per heavy atom. The van der Waals surface area contributed by atoms with Crippen molar-refractivity contribution in [3.8, 4) is 0 Å². The highest BCUT2D eigenvalue weighted by Crippen LogP contribution is 2.49. The van der Waals surface area contributed by atoms with Crippen molar-refractivity contribution in [2.45, 2.75) is 63.0 Å². The Kier molecular flexibility index (Phi) is 4.40. The Hall–Kier alpha value is -0.120. The van der Waals surface area contributed by atoms with Crippen molar-refractivity contribution in [1.82, 2.24) is 4.90 Å². The second-order valence-electron chi connectivity index (χ2n) is 7.68. The lowest BCUT2D eigenvalue weighted by molar-refractivity contribution is -0.00463. The number of hydrogen-bond donors (Lipinski definition) is 1. The monoisotopic (exact) mass is 280 g/mol. The fourth-order valence-electron chi connectivity index (χ4n) is 5.25. The van der Waals surface area contributed by atoms with Gasteiger partial charge in [-0.2, -0.15) is 0 Å². The summed E-state index contributed by atoms with van der Waals surface area (Å²) in [5.74, 6) is 3.02. The van der Waals surface area contributed by atoms with Gasteiger partial charge in [-0.3, -0.25) is 4.90 Å². The molecule has 2 bridgehead atoms. The fraction of sp³-hybridized carbons (Fsp3) is 1.00. The first-order chi connectivity index (χ1) is 9.66. The summed E-state index contributed by atoms with van der Waals surface area (Å²) in [5, 5.41) is 0. The van der Waals surface area contributed by atoms with E-state index in [1.165, 1.54) is 57.9 Å². The first-order valence-electron chi connectivity index (χ1n) is 8.61. The van der Waals surface area contributed by atoms with Crippen LogP contribution in [0, 0.1) is 17.8 Å². The van der Waals surface area contributed by atoms with Crippen molar-refractivity contribution < 1.29 is 4.74 Å². The summed E-state index contributed by atoms with van der Waals surface area (Å²) >= 11 is 0. The van der Waals surface area contributed by atoms with Gasteiger partial charge in [0.05, 0.1) is 6.10 Å². The fourth-order valence-corrected chi connectivity index (χ4v) is 5.25. The molecule has 3 atom stereocenters. The van der Waals surface area contributed by atoms with Crippen LogP contribution >= 0.6 is 0 Å². The molecule has 3 aliphatic rings. The third kappa shape index (κ3) is 2.65. The molecule has 0 amide bonds. The zero-order valence-corrected chi connectivity index (χ0v) is 13.3. The van der Waals surface area contributed by atoms with E-state index in [4.69, 9.17) is 10.5 Å². The minimum absolute atomic E-state index is 0.247. The van der Waals surface area contributed by atoms with Gasteiger partial charge < -0.3 is 10.5 Å². The van der Waals surface area contributed by atoms with E-state index in [0.29, 0.717) is 6.10 Å². The van der Waals surface area contributed by atoms with Crippen LogP contribution in [0.5, 0.6) is 0 Å². The van der Waals surface area contributed by atoms with Crippen LogP contribution < -0.4 is 5.73 Å². The number of nitrogens with two attached hydrogens (primary N) is 1. The highest BCUT2D eigenvalue weighted by Gasteiger charge is 2.43. The molecule has 3 fully saturated rings. The molecule has 2 N–H and O–H groups in total. The van der Waals surface area contributed by atoms with Crippen LogP contribution in [0.15, 0.2) is 0 Å². The van der Waals surface area contributed by atoms with E-state index >= 15 is 0 Å². The predicted octanol–water partition coefficient (Wildman–Crippen LogP) is 2.64. The molecule has 3 rings (SSSR count). The van der Waals surface area contributed by atoms with E-state index in [2.05, 4.69) is 11.9 Å². The smallest absolute Gasteiger partial charge is 0.0572 e. The van der Waals surface area contributed by atoms with Crippen LogP contribution in [0.2, 0.25) is 0 Å².